The molecule has 0 amide bonds. The molecule has 0 heterocycles. The minimum absolute atomic E-state index is 0.0184. The monoisotopic (exact) mass is 202 g/mol. The normalized spacial score (nSPS) is 11.6. The maximum absolute atomic E-state index is 10.8. The predicted octanol–water partition coefficient (Wildman–Crippen LogP) is 1.26. The summed E-state index contributed by atoms with van der Waals surface area (Å²) in [6.07, 6.45) is 0. The molecule has 13 heavy (non-hydrogen) atoms. The third-order valence-electron chi connectivity index (χ3n) is 1.99. The molecule has 5 heteroatoms. The first-order valence-corrected chi connectivity index (χ1v) is 5.04. The second-order valence-electron chi connectivity index (χ2n) is 2.81. The van der Waals surface area contributed by atoms with Gasteiger partial charge in [-0.15, -0.1) is 0 Å². The molecule has 0 spiro atoms. The highest BCUT2D eigenvalue weighted by Crippen LogP contribution is 2.25. The van der Waals surface area contributed by atoms with Crippen LogP contribution in [0.15, 0.2) is 17.0 Å². The predicted molar refractivity (Wildman–Crippen MR) is 47.4 cm³/mol. The first kappa shape index (κ1) is 10.0. The van der Waals surface area contributed by atoms with Crippen LogP contribution in [0.25, 0.3) is 0 Å². The van der Waals surface area contributed by atoms with Crippen molar-refractivity contribution in [3.05, 3.63) is 23.3 Å². The van der Waals surface area contributed by atoms with E-state index >= 15 is 0 Å². The molecule has 1 rings (SSSR count). The Bertz CT molecular complexity index is 434. The fourth-order valence-corrected chi connectivity index (χ4v) is 1.84. The van der Waals surface area contributed by atoms with Crippen molar-refractivity contribution in [2.24, 2.45) is 0 Å². The van der Waals surface area contributed by atoms with Gasteiger partial charge in [-0.3, -0.25) is 4.55 Å². The van der Waals surface area contributed by atoms with Gasteiger partial charge in [-0.25, -0.2) is 0 Å². The van der Waals surface area contributed by atoms with Crippen LogP contribution in [0, 0.1) is 13.8 Å². The van der Waals surface area contributed by atoms with Crippen molar-refractivity contribution < 1.29 is 18.1 Å². The van der Waals surface area contributed by atoms with Gasteiger partial charge in [-0.05, 0) is 37.1 Å². The van der Waals surface area contributed by atoms with Crippen molar-refractivity contribution >= 4 is 10.1 Å². The molecule has 0 saturated carbocycles. The molecular formula is C8H10O4S. The van der Waals surface area contributed by atoms with Crippen molar-refractivity contribution in [1.29, 1.82) is 0 Å². The molecule has 0 saturated heterocycles. The van der Waals surface area contributed by atoms with E-state index in [1.165, 1.54) is 19.1 Å². The van der Waals surface area contributed by atoms with Crippen molar-refractivity contribution in [3.8, 4) is 5.75 Å². The van der Waals surface area contributed by atoms with E-state index in [0.29, 0.717) is 11.1 Å². The lowest BCUT2D eigenvalue weighted by atomic mass is 10.1. The van der Waals surface area contributed by atoms with Crippen molar-refractivity contribution in [3.63, 3.8) is 0 Å². The summed E-state index contributed by atoms with van der Waals surface area (Å²) in [7, 11) is -4.18. The van der Waals surface area contributed by atoms with Crippen LogP contribution in [0.5, 0.6) is 5.75 Å². The van der Waals surface area contributed by atoms with Gasteiger partial charge in [0.25, 0.3) is 10.1 Å². The zero-order valence-corrected chi connectivity index (χ0v) is 8.09. The minimum atomic E-state index is -4.18. The van der Waals surface area contributed by atoms with Crippen LogP contribution in [0.3, 0.4) is 0 Å². The number of phenolic OH excluding ortho intramolecular Hbond substituents is 1. The van der Waals surface area contributed by atoms with Gasteiger partial charge in [0.05, 0.1) is 4.90 Å². The Balaban J connectivity index is 3.53. The molecule has 0 aromatic heterocycles. The van der Waals surface area contributed by atoms with Crippen LogP contribution in [-0.2, 0) is 10.1 Å². The fraction of sp³-hybridized carbons (Fsp3) is 0.250. The lowest BCUT2D eigenvalue weighted by Gasteiger charge is -2.06. The summed E-state index contributed by atoms with van der Waals surface area (Å²) in [6.45, 7) is 3.11. The van der Waals surface area contributed by atoms with Crippen LogP contribution in [-0.4, -0.2) is 18.1 Å². The Labute approximate surface area is 76.6 Å². The van der Waals surface area contributed by atoms with E-state index in [9.17, 15) is 13.5 Å². The van der Waals surface area contributed by atoms with E-state index in [0.717, 1.165) is 0 Å². The van der Waals surface area contributed by atoms with Gasteiger partial charge in [0.15, 0.2) is 0 Å². The second kappa shape index (κ2) is 3.01. The number of hydrogen-bond donors (Lipinski definition) is 2. The third kappa shape index (κ3) is 1.81. The third-order valence-corrected chi connectivity index (χ3v) is 2.98. The quantitative estimate of drug-likeness (QED) is 0.672. The Hall–Kier alpha value is -1.07. The average molecular weight is 202 g/mol. The number of phenols is 1. The van der Waals surface area contributed by atoms with Crippen LogP contribution < -0.4 is 0 Å². The summed E-state index contributed by atoms with van der Waals surface area (Å²) in [4.78, 5) is -0.164. The topological polar surface area (TPSA) is 74.6 Å². The zero-order valence-electron chi connectivity index (χ0n) is 7.27. The van der Waals surface area contributed by atoms with Crippen LogP contribution in [0.1, 0.15) is 11.1 Å². The highest BCUT2D eigenvalue weighted by atomic mass is 32.2. The Morgan fingerprint density at radius 3 is 2.15 bits per heavy atom. The summed E-state index contributed by atoms with van der Waals surface area (Å²) in [6, 6.07) is 2.42. The van der Waals surface area contributed by atoms with Gasteiger partial charge >= 0.3 is 0 Å². The molecule has 1 aromatic carbocycles. The van der Waals surface area contributed by atoms with Gasteiger partial charge in [-0.2, -0.15) is 8.42 Å². The van der Waals surface area contributed by atoms with E-state index in [-0.39, 0.29) is 10.6 Å². The lowest BCUT2D eigenvalue weighted by molar-refractivity contribution is 0.467. The fourth-order valence-electron chi connectivity index (χ4n) is 1.06. The summed E-state index contributed by atoms with van der Waals surface area (Å²) in [5.74, 6) is 0.0184. The van der Waals surface area contributed by atoms with Gasteiger partial charge in [0.2, 0.25) is 0 Å². The number of hydrogen-bond acceptors (Lipinski definition) is 3. The highest BCUT2D eigenvalue weighted by Gasteiger charge is 2.15. The summed E-state index contributed by atoms with van der Waals surface area (Å²) >= 11 is 0. The van der Waals surface area contributed by atoms with Crippen molar-refractivity contribution in [2.75, 3.05) is 0 Å². The molecule has 1 aromatic rings. The average Bonchev–Trinajstić information content (AvgIpc) is 1.98. The first-order valence-electron chi connectivity index (χ1n) is 3.60. The van der Waals surface area contributed by atoms with E-state index in [1.54, 1.807) is 6.92 Å². The molecule has 0 aliphatic heterocycles. The van der Waals surface area contributed by atoms with Gasteiger partial charge in [0, 0.05) is 0 Å². The van der Waals surface area contributed by atoms with Gasteiger partial charge < -0.3 is 5.11 Å². The Morgan fingerprint density at radius 1 is 1.15 bits per heavy atom. The Morgan fingerprint density at radius 2 is 1.69 bits per heavy atom. The molecular weight excluding hydrogens is 192 g/mol. The van der Waals surface area contributed by atoms with E-state index in [2.05, 4.69) is 0 Å². The molecule has 0 atom stereocenters. The first-order chi connectivity index (χ1) is 5.84. The number of rotatable bonds is 1. The van der Waals surface area contributed by atoms with Crippen LogP contribution in [0.2, 0.25) is 0 Å². The molecule has 0 bridgehead atoms. The Kier molecular flexibility index (Phi) is 2.32. The summed E-state index contributed by atoms with van der Waals surface area (Å²) < 4.78 is 30.4. The summed E-state index contributed by atoms with van der Waals surface area (Å²) in [5.41, 5.74) is 0.817. The number of aromatic hydroxyl groups is 1. The zero-order chi connectivity index (χ0) is 10.2. The molecule has 4 nitrogen and oxygen atoms in total. The van der Waals surface area contributed by atoms with Crippen molar-refractivity contribution in [1.82, 2.24) is 0 Å². The standard InChI is InChI=1S/C8H10O4S/c1-5-6(2)8(13(10,11)12)4-3-7(5)9/h3-4,9H,1-2H3,(H,10,11,12). The van der Waals surface area contributed by atoms with E-state index in [4.69, 9.17) is 4.55 Å². The van der Waals surface area contributed by atoms with Crippen molar-refractivity contribution in [2.45, 2.75) is 18.7 Å². The SMILES string of the molecule is Cc1c(O)ccc(S(=O)(=O)O)c1C. The van der Waals surface area contributed by atoms with E-state index < -0.39 is 10.1 Å². The molecule has 0 fully saturated rings. The number of benzene rings is 1. The smallest absolute Gasteiger partial charge is 0.294 e. The molecule has 0 aliphatic rings. The van der Waals surface area contributed by atoms with Crippen LogP contribution in [0.4, 0.5) is 0 Å². The molecule has 2 N–H and O–H groups in total. The molecule has 0 aliphatic carbocycles. The maximum atomic E-state index is 10.8. The van der Waals surface area contributed by atoms with Gasteiger partial charge in [0.1, 0.15) is 5.75 Å². The molecule has 72 valence electrons. The minimum Gasteiger partial charge on any atom is -0.508 e. The van der Waals surface area contributed by atoms with Crippen LogP contribution >= 0.6 is 0 Å². The highest BCUT2D eigenvalue weighted by molar-refractivity contribution is 7.85. The molecule has 0 unspecified atom stereocenters. The largest absolute Gasteiger partial charge is 0.508 e. The summed E-state index contributed by atoms with van der Waals surface area (Å²) in [5, 5.41) is 9.21. The maximum Gasteiger partial charge on any atom is 0.294 e. The lowest BCUT2D eigenvalue weighted by Crippen LogP contribution is -2.01. The van der Waals surface area contributed by atoms with E-state index in [1.807, 2.05) is 0 Å². The van der Waals surface area contributed by atoms with Gasteiger partial charge in [-0.1, -0.05) is 0 Å². The second-order valence-corrected chi connectivity index (χ2v) is 4.20. The molecule has 0 radical (unpaired) electrons.